The van der Waals surface area contributed by atoms with Gasteiger partial charge in [0.2, 0.25) is 0 Å². The van der Waals surface area contributed by atoms with Crippen LogP contribution in [0.3, 0.4) is 0 Å². The van der Waals surface area contributed by atoms with Crippen molar-refractivity contribution in [2.75, 3.05) is 0 Å². The predicted molar refractivity (Wildman–Crippen MR) is 41.9 cm³/mol. The van der Waals surface area contributed by atoms with Gasteiger partial charge in [-0.05, 0) is 24.7 Å². The lowest BCUT2D eigenvalue weighted by atomic mass is 9.93. The van der Waals surface area contributed by atoms with E-state index in [1.165, 1.54) is 6.42 Å². The SMILES string of the molecule is C=C[C@H]1CC[C@@H]2OC(O)C[C@@H]21. The summed E-state index contributed by atoms with van der Waals surface area (Å²) in [6.45, 7) is 3.79. The fourth-order valence-electron chi connectivity index (χ4n) is 2.34. The maximum atomic E-state index is 9.19. The Kier molecular flexibility index (Phi) is 1.74. The molecule has 0 radical (unpaired) electrons. The highest BCUT2D eigenvalue weighted by Gasteiger charge is 2.42. The first-order valence-electron chi connectivity index (χ1n) is 4.27. The van der Waals surface area contributed by atoms with E-state index in [0.29, 0.717) is 17.9 Å². The van der Waals surface area contributed by atoms with Crippen molar-refractivity contribution >= 4 is 0 Å². The van der Waals surface area contributed by atoms with Crippen LogP contribution < -0.4 is 0 Å². The first kappa shape index (κ1) is 7.32. The smallest absolute Gasteiger partial charge is 0.155 e. The van der Waals surface area contributed by atoms with E-state index in [2.05, 4.69) is 6.58 Å². The molecule has 62 valence electrons. The molecule has 1 aliphatic heterocycles. The second kappa shape index (κ2) is 2.61. The van der Waals surface area contributed by atoms with Crippen LogP contribution in [0.4, 0.5) is 0 Å². The van der Waals surface area contributed by atoms with Crippen LogP contribution in [0.5, 0.6) is 0 Å². The minimum absolute atomic E-state index is 0.313. The van der Waals surface area contributed by atoms with E-state index in [-0.39, 0.29) is 0 Å². The van der Waals surface area contributed by atoms with Crippen molar-refractivity contribution in [3.63, 3.8) is 0 Å². The summed E-state index contributed by atoms with van der Waals surface area (Å²) in [4.78, 5) is 0. The average molecular weight is 154 g/mol. The lowest BCUT2D eigenvalue weighted by Gasteiger charge is -2.11. The van der Waals surface area contributed by atoms with Crippen molar-refractivity contribution in [3.8, 4) is 0 Å². The summed E-state index contributed by atoms with van der Waals surface area (Å²) in [5.74, 6) is 1.12. The number of ether oxygens (including phenoxy) is 1. The van der Waals surface area contributed by atoms with Crippen LogP contribution in [-0.4, -0.2) is 17.5 Å². The highest BCUT2D eigenvalue weighted by Crippen LogP contribution is 2.42. The van der Waals surface area contributed by atoms with Gasteiger partial charge in [-0.2, -0.15) is 0 Å². The molecule has 0 aromatic rings. The Bertz CT molecular complexity index is 167. The molecule has 2 rings (SSSR count). The van der Waals surface area contributed by atoms with Gasteiger partial charge in [0.1, 0.15) is 0 Å². The normalized spacial score (nSPS) is 49.2. The Morgan fingerprint density at radius 2 is 2.27 bits per heavy atom. The van der Waals surface area contributed by atoms with Gasteiger partial charge in [0.15, 0.2) is 6.29 Å². The van der Waals surface area contributed by atoms with Crippen LogP contribution in [0.2, 0.25) is 0 Å². The van der Waals surface area contributed by atoms with E-state index in [9.17, 15) is 5.11 Å². The number of allylic oxidation sites excluding steroid dienone is 1. The summed E-state index contributed by atoms with van der Waals surface area (Å²) in [7, 11) is 0. The van der Waals surface area contributed by atoms with Gasteiger partial charge in [-0.25, -0.2) is 0 Å². The van der Waals surface area contributed by atoms with Crippen molar-refractivity contribution < 1.29 is 9.84 Å². The van der Waals surface area contributed by atoms with Gasteiger partial charge in [0, 0.05) is 6.42 Å². The third-order valence-corrected chi connectivity index (χ3v) is 2.92. The molecule has 0 aromatic carbocycles. The predicted octanol–water partition coefficient (Wildman–Crippen LogP) is 1.31. The van der Waals surface area contributed by atoms with Gasteiger partial charge in [0.25, 0.3) is 0 Å². The second-order valence-corrected chi connectivity index (χ2v) is 3.51. The number of aliphatic hydroxyl groups excluding tert-OH is 1. The Hall–Kier alpha value is -0.340. The number of hydrogen-bond acceptors (Lipinski definition) is 2. The monoisotopic (exact) mass is 154 g/mol. The molecule has 2 heteroatoms. The summed E-state index contributed by atoms with van der Waals surface area (Å²) in [6, 6.07) is 0. The molecule has 0 amide bonds. The standard InChI is InChI=1S/C9H14O2/c1-2-6-3-4-8-7(6)5-9(10)11-8/h2,6-10H,1,3-5H2/t6-,7+,8-,9?/m0/s1. The quantitative estimate of drug-likeness (QED) is 0.577. The number of fused-ring (bicyclic) bond motifs is 1. The molecule has 4 atom stereocenters. The zero-order valence-corrected chi connectivity index (χ0v) is 6.57. The second-order valence-electron chi connectivity index (χ2n) is 3.51. The largest absolute Gasteiger partial charge is 0.368 e. The molecule has 0 bridgehead atoms. The molecule has 2 fully saturated rings. The number of hydrogen-bond donors (Lipinski definition) is 1. The molecule has 0 spiro atoms. The van der Waals surface area contributed by atoms with Crippen molar-refractivity contribution in [2.24, 2.45) is 11.8 Å². The van der Waals surface area contributed by atoms with Crippen LogP contribution in [0.25, 0.3) is 0 Å². The van der Waals surface area contributed by atoms with Gasteiger partial charge in [-0.3, -0.25) is 0 Å². The van der Waals surface area contributed by atoms with Gasteiger partial charge < -0.3 is 9.84 Å². The molecular formula is C9H14O2. The molecule has 1 N–H and O–H groups in total. The van der Waals surface area contributed by atoms with E-state index >= 15 is 0 Å². The average Bonchev–Trinajstić information content (AvgIpc) is 2.45. The molecule has 2 nitrogen and oxygen atoms in total. The third-order valence-electron chi connectivity index (χ3n) is 2.92. The Morgan fingerprint density at radius 3 is 3.00 bits per heavy atom. The molecule has 11 heavy (non-hydrogen) atoms. The zero-order chi connectivity index (χ0) is 7.84. The maximum Gasteiger partial charge on any atom is 0.155 e. The number of aliphatic hydroxyl groups is 1. The lowest BCUT2D eigenvalue weighted by molar-refractivity contribution is -0.0906. The lowest BCUT2D eigenvalue weighted by Crippen LogP contribution is -2.11. The van der Waals surface area contributed by atoms with Crippen LogP contribution >= 0.6 is 0 Å². The molecule has 1 heterocycles. The molecule has 1 saturated heterocycles. The molecule has 1 unspecified atom stereocenters. The fourth-order valence-corrected chi connectivity index (χ4v) is 2.34. The topological polar surface area (TPSA) is 29.5 Å². The van der Waals surface area contributed by atoms with E-state index in [0.717, 1.165) is 12.8 Å². The van der Waals surface area contributed by atoms with Crippen molar-refractivity contribution in [1.82, 2.24) is 0 Å². The van der Waals surface area contributed by atoms with Crippen LogP contribution in [0.15, 0.2) is 12.7 Å². The summed E-state index contributed by atoms with van der Waals surface area (Å²) >= 11 is 0. The van der Waals surface area contributed by atoms with Crippen molar-refractivity contribution in [3.05, 3.63) is 12.7 Å². The Labute approximate surface area is 66.9 Å². The molecule has 1 saturated carbocycles. The summed E-state index contributed by atoms with van der Waals surface area (Å²) < 4.78 is 5.33. The fraction of sp³-hybridized carbons (Fsp3) is 0.778. The number of rotatable bonds is 1. The first-order chi connectivity index (χ1) is 5.31. The minimum atomic E-state index is -0.507. The Balaban J connectivity index is 2.06. The molecule has 1 aliphatic carbocycles. The van der Waals surface area contributed by atoms with Crippen LogP contribution in [-0.2, 0) is 4.74 Å². The summed E-state index contributed by atoms with van der Waals surface area (Å²) in [5, 5.41) is 9.19. The summed E-state index contributed by atoms with van der Waals surface area (Å²) in [6.07, 6.45) is 4.90. The highest BCUT2D eigenvalue weighted by molar-refractivity contribution is 4.97. The van der Waals surface area contributed by atoms with Gasteiger partial charge in [0.05, 0.1) is 6.10 Å². The van der Waals surface area contributed by atoms with Gasteiger partial charge >= 0.3 is 0 Å². The highest BCUT2D eigenvalue weighted by atomic mass is 16.6. The minimum Gasteiger partial charge on any atom is -0.368 e. The van der Waals surface area contributed by atoms with E-state index in [4.69, 9.17) is 4.74 Å². The van der Waals surface area contributed by atoms with E-state index in [1.807, 2.05) is 6.08 Å². The maximum absolute atomic E-state index is 9.19. The Morgan fingerprint density at radius 1 is 1.45 bits per heavy atom. The first-order valence-corrected chi connectivity index (χ1v) is 4.27. The van der Waals surface area contributed by atoms with Crippen LogP contribution in [0, 0.1) is 11.8 Å². The molecule has 2 aliphatic rings. The summed E-state index contributed by atoms with van der Waals surface area (Å²) in [5.41, 5.74) is 0. The zero-order valence-electron chi connectivity index (χ0n) is 6.57. The molecule has 0 aromatic heterocycles. The third kappa shape index (κ3) is 1.10. The van der Waals surface area contributed by atoms with E-state index < -0.39 is 6.29 Å². The van der Waals surface area contributed by atoms with Gasteiger partial charge in [-0.1, -0.05) is 6.08 Å². The molecular weight excluding hydrogens is 140 g/mol. The van der Waals surface area contributed by atoms with Gasteiger partial charge in [-0.15, -0.1) is 6.58 Å². The van der Waals surface area contributed by atoms with Crippen molar-refractivity contribution in [2.45, 2.75) is 31.7 Å². The van der Waals surface area contributed by atoms with E-state index in [1.54, 1.807) is 0 Å². The van der Waals surface area contributed by atoms with Crippen molar-refractivity contribution in [1.29, 1.82) is 0 Å². The van der Waals surface area contributed by atoms with Crippen LogP contribution in [0.1, 0.15) is 19.3 Å².